The summed E-state index contributed by atoms with van der Waals surface area (Å²) in [6, 6.07) is 4.36. The topological polar surface area (TPSA) is 78.6 Å². The van der Waals surface area contributed by atoms with E-state index in [1.807, 2.05) is 0 Å². The highest BCUT2D eigenvalue weighted by molar-refractivity contribution is 5.44. The van der Waals surface area contributed by atoms with Gasteiger partial charge in [0.1, 0.15) is 5.75 Å². The van der Waals surface area contributed by atoms with Crippen LogP contribution in [0.1, 0.15) is 38.3 Å². The van der Waals surface area contributed by atoms with E-state index < -0.39 is 4.92 Å². The van der Waals surface area contributed by atoms with Gasteiger partial charge in [-0.2, -0.15) is 0 Å². The van der Waals surface area contributed by atoms with Crippen molar-refractivity contribution in [3.63, 3.8) is 0 Å². The quantitative estimate of drug-likeness (QED) is 0.624. The standard InChI is InChI=1S/C16H25N3O3/c1-12(2)3-5-15(18-9-7-17-8-10-18)14-11-13(19(21)22)4-6-16(14)20/h4,6,11-12,15,17,20H,3,5,7-10H2,1-2H3/t15-/m0/s1. The number of hydrogen-bond donors (Lipinski definition) is 2. The number of piperazine rings is 1. The molecule has 6 heteroatoms. The summed E-state index contributed by atoms with van der Waals surface area (Å²) in [5, 5.41) is 24.6. The fourth-order valence-corrected chi connectivity index (χ4v) is 2.94. The van der Waals surface area contributed by atoms with Crippen molar-refractivity contribution in [3.8, 4) is 5.75 Å². The molecule has 0 aliphatic carbocycles. The molecule has 0 spiro atoms. The van der Waals surface area contributed by atoms with E-state index >= 15 is 0 Å². The lowest BCUT2D eigenvalue weighted by molar-refractivity contribution is -0.385. The summed E-state index contributed by atoms with van der Waals surface area (Å²) < 4.78 is 0. The Morgan fingerprint density at radius 3 is 2.59 bits per heavy atom. The SMILES string of the molecule is CC(C)CC[C@@H](c1cc([N+](=O)[O-])ccc1O)N1CCNCC1. The van der Waals surface area contributed by atoms with Crippen LogP contribution in [0.2, 0.25) is 0 Å². The third-order valence-electron chi connectivity index (χ3n) is 4.19. The Kier molecular flexibility index (Phi) is 5.74. The number of nitrogens with one attached hydrogen (secondary N) is 1. The van der Waals surface area contributed by atoms with Crippen LogP contribution in [-0.2, 0) is 0 Å². The highest BCUT2D eigenvalue weighted by Gasteiger charge is 2.26. The Bertz CT molecular complexity index is 513. The lowest BCUT2D eigenvalue weighted by atomic mass is 9.94. The lowest BCUT2D eigenvalue weighted by Gasteiger charge is -2.35. The average molecular weight is 307 g/mol. The van der Waals surface area contributed by atoms with E-state index in [4.69, 9.17) is 0 Å². The van der Waals surface area contributed by atoms with Gasteiger partial charge < -0.3 is 10.4 Å². The molecule has 1 aromatic carbocycles. The van der Waals surface area contributed by atoms with Crippen LogP contribution < -0.4 is 5.32 Å². The van der Waals surface area contributed by atoms with Crippen LogP contribution in [0.15, 0.2) is 18.2 Å². The molecule has 1 aromatic rings. The van der Waals surface area contributed by atoms with Gasteiger partial charge in [-0.1, -0.05) is 13.8 Å². The highest BCUT2D eigenvalue weighted by Crippen LogP contribution is 2.35. The molecule has 0 amide bonds. The minimum Gasteiger partial charge on any atom is -0.508 e. The summed E-state index contributed by atoms with van der Waals surface area (Å²) >= 11 is 0. The fourth-order valence-electron chi connectivity index (χ4n) is 2.94. The van der Waals surface area contributed by atoms with E-state index in [0.717, 1.165) is 39.0 Å². The zero-order valence-corrected chi connectivity index (χ0v) is 13.3. The first kappa shape index (κ1) is 16.7. The molecule has 0 saturated carbocycles. The molecule has 0 bridgehead atoms. The molecular formula is C16H25N3O3. The second-order valence-electron chi connectivity index (χ2n) is 6.27. The largest absolute Gasteiger partial charge is 0.508 e. The van der Waals surface area contributed by atoms with E-state index in [2.05, 4.69) is 24.1 Å². The summed E-state index contributed by atoms with van der Waals surface area (Å²) in [6.45, 7) is 7.95. The maximum Gasteiger partial charge on any atom is 0.270 e. The number of benzene rings is 1. The van der Waals surface area contributed by atoms with Crippen molar-refractivity contribution in [1.29, 1.82) is 0 Å². The van der Waals surface area contributed by atoms with E-state index in [1.54, 1.807) is 0 Å². The second-order valence-corrected chi connectivity index (χ2v) is 6.27. The predicted octanol–water partition coefficient (Wildman–Crippen LogP) is 2.68. The number of phenolic OH excluding ortho intramolecular Hbond substituents is 1. The summed E-state index contributed by atoms with van der Waals surface area (Å²) in [5.74, 6) is 0.712. The van der Waals surface area contributed by atoms with Crippen LogP contribution in [0.25, 0.3) is 0 Å². The summed E-state index contributed by atoms with van der Waals surface area (Å²) in [5.41, 5.74) is 0.717. The first-order chi connectivity index (χ1) is 10.5. The first-order valence-electron chi connectivity index (χ1n) is 7.91. The van der Waals surface area contributed by atoms with Gasteiger partial charge in [0.25, 0.3) is 5.69 Å². The molecule has 2 rings (SSSR count). The first-order valence-corrected chi connectivity index (χ1v) is 7.91. The van der Waals surface area contributed by atoms with Crippen molar-refractivity contribution in [2.45, 2.75) is 32.7 Å². The van der Waals surface area contributed by atoms with Crippen LogP contribution in [0.3, 0.4) is 0 Å². The summed E-state index contributed by atoms with van der Waals surface area (Å²) in [6.07, 6.45) is 1.92. The lowest BCUT2D eigenvalue weighted by Crippen LogP contribution is -2.45. The number of phenols is 1. The van der Waals surface area contributed by atoms with Crippen LogP contribution in [-0.4, -0.2) is 41.1 Å². The monoisotopic (exact) mass is 307 g/mol. The smallest absolute Gasteiger partial charge is 0.270 e. The zero-order chi connectivity index (χ0) is 16.1. The molecule has 0 unspecified atom stereocenters. The van der Waals surface area contributed by atoms with Crippen molar-refractivity contribution in [3.05, 3.63) is 33.9 Å². The molecule has 1 fully saturated rings. The molecule has 2 N–H and O–H groups in total. The molecule has 1 aliphatic heterocycles. The Morgan fingerprint density at radius 2 is 2.00 bits per heavy atom. The van der Waals surface area contributed by atoms with Gasteiger partial charge in [-0.3, -0.25) is 15.0 Å². The molecule has 1 aliphatic rings. The van der Waals surface area contributed by atoms with Gasteiger partial charge in [-0.15, -0.1) is 0 Å². The number of hydrogen-bond acceptors (Lipinski definition) is 5. The number of non-ortho nitro benzene ring substituents is 1. The van der Waals surface area contributed by atoms with E-state index in [9.17, 15) is 15.2 Å². The maximum atomic E-state index is 11.0. The second kappa shape index (κ2) is 7.56. The molecule has 6 nitrogen and oxygen atoms in total. The van der Waals surface area contributed by atoms with Crippen molar-refractivity contribution in [2.24, 2.45) is 5.92 Å². The highest BCUT2D eigenvalue weighted by atomic mass is 16.6. The Hall–Kier alpha value is -1.66. The fraction of sp³-hybridized carbons (Fsp3) is 0.625. The average Bonchev–Trinajstić information content (AvgIpc) is 2.49. The maximum absolute atomic E-state index is 11.0. The zero-order valence-electron chi connectivity index (χ0n) is 13.3. The Morgan fingerprint density at radius 1 is 1.32 bits per heavy atom. The number of nitrogens with zero attached hydrogens (tertiary/aromatic N) is 2. The van der Waals surface area contributed by atoms with Crippen molar-refractivity contribution < 1.29 is 10.0 Å². The van der Waals surface area contributed by atoms with E-state index in [1.165, 1.54) is 18.2 Å². The van der Waals surface area contributed by atoms with Gasteiger partial charge in [-0.05, 0) is 24.8 Å². The van der Waals surface area contributed by atoms with Gasteiger partial charge >= 0.3 is 0 Å². The normalized spacial score (nSPS) is 17.6. The third-order valence-corrected chi connectivity index (χ3v) is 4.19. The van der Waals surface area contributed by atoms with Crippen LogP contribution >= 0.6 is 0 Å². The van der Waals surface area contributed by atoms with Crippen LogP contribution in [0, 0.1) is 16.0 Å². The summed E-state index contributed by atoms with van der Waals surface area (Å²) in [4.78, 5) is 12.9. The minimum absolute atomic E-state index is 0.0319. The number of rotatable bonds is 6. The number of nitro benzene ring substituents is 1. The van der Waals surface area contributed by atoms with E-state index in [-0.39, 0.29) is 17.5 Å². The molecule has 1 heterocycles. The number of nitro groups is 1. The van der Waals surface area contributed by atoms with Gasteiger partial charge in [-0.25, -0.2) is 0 Å². The van der Waals surface area contributed by atoms with Crippen molar-refractivity contribution in [2.75, 3.05) is 26.2 Å². The molecule has 0 aromatic heterocycles. The summed E-state index contributed by atoms with van der Waals surface area (Å²) in [7, 11) is 0. The predicted molar refractivity (Wildman–Crippen MR) is 86.0 cm³/mol. The van der Waals surface area contributed by atoms with Gasteiger partial charge in [0.05, 0.1) is 4.92 Å². The molecule has 1 atom stereocenters. The van der Waals surface area contributed by atoms with Crippen LogP contribution in [0.5, 0.6) is 5.75 Å². The molecule has 22 heavy (non-hydrogen) atoms. The van der Waals surface area contributed by atoms with Crippen molar-refractivity contribution >= 4 is 5.69 Å². The molecule has 1 saturated heterocycles. The van der Waals surface area contributed by atoms with Crippen molar-refractivity contribution in [1.82, 2.24) is 10.2 Å². The molecular weight excluding hydrogens is 282 g/mol. The van der Waals surface area contributed by atoms with Gasteiger partial charge in [0, 0.05) is 49.9 Å². The minimum atomic E-state index is -0.403. The van der Waals surface area contributed by atoms with E-state index in [0.29, 0.717) is 11.5 Å². The van der Waals surface area contributed by atoms with Gasteiger partial charge in [0.2, 0.25) is 0 Å². The molecule has 0 radical (unpaired) electrons. The van der Waals surface area contributed by atoms with Gasteiger partial charge in [0.15, 0.2) is 0 Å². The number of aromatic hydroxyl groups is 1. The third kappa shape index (κ3) is 4.18. The Labute approximate surface area is 131 Å². The molecule has 122 valence electrons. The van der Waals surface area contributed by atoms with Crippen LogP contribution in [0.4, 0.5) is 5.69 Å². The Balaban J connectivity index is 2.29.